The van der Waals surface area contributed by atoms with E-state index >= 15 is 0 Å². The van der Waals surface area contributed by atoms with Gasteiger partial charge in [0.15, 0.2) is 0 Å². The Bertz CT molecular complexity index is 451. The molecule has 6 heteroatoms. The lowest BCUT2D eigenvalue weighted by atomic mass is 10.1. The third-order valence-electron chi connectivity index (χ3n) is 3.44. The van der Waals surface area contributed by atoms with E-state index in [2.05, 4.69) is 47.7 Å². The van der Waals surface area contributed by atoms with Crippen LogP contribution in [-0.4, -0.2) is 43.9 Å². The highest BCUT2D eigenvalue weighted by molar-refractivity contribution is 7.96. The van der Waals surface area contributed by atoms with Crippen LogP contribution in [0.3, 0.4) is 0 Å². The van der Waals surface area contributed by atoms with Gasteiger partial charge in [-0.15, -0.1) is 12.4 Å². The first-order valence-corrected chi connectivity index (χ1v) is 7.45. The molecule has 0 aromatic heterocycles. The van der Waals surface area contributed by atoms with Gasteiger partial charge in [-0.05, 0) is 43.3 Å². The first kappa shape index (κ1) is 20.1. The van der Waals surface area contributed by atoms with E-state index in [1.807, 2.05) is 26.2 Å². The molecule has 21 heavy (non-hydrogen) atoms. The highest BCUT2D eigenvalue weighted by atomic mass is 35.5. The number of carbonyl (C=O) groups excluding carboxylic acids is 1. The summed E-state index contributed by atoms with van der Waals surface area (Å²) >= 11 is 3.80. The number of carbonyl (C=O) groups is 1. The number of nitrogens with one attached hydrogen (secondary N) is 1. The van der Waals surface area contributed by atoms with Gasteiger partial charge in [0.25, 0.3) is 5.24 Å². The summed E-state index contributed by atoms with van der Waals surface area (Å²) in [6.07, 6.45) is 0.909. The molecular weight excluding hydrogens is 306 g/mol. The van der Waals surface area contributed by atoms with Gasteiger partial charge in [0.1, 0.15) is 0 Å². The fraction of sp³-hybridized carbons (Fsp3) is 0.533. The summed E-state index contributed by atoms with van der Waals surface area (Å²) in [5.74, 6) is 0. The summed E-state index contributed by atoms with van der Waals surface area (Å²) in [6.45, 7) is 7.39. The van der Waals surface area contributed by atoms with Crippen molar-refractivity contribution in [3.05, 3.63) is 23.8 Å². The quantitative estimate of drug-likeness (QED) is 0.750. The minimum Gasteiger partial charge on any atom is -0.378 e. The molecule has 0 aliphatic rings. The average molecular weight is 332 g/mol. The standard InChI is InChI=1S/C15H25N3OS.ClH/c1-5-18(6-2)10-9-12-11-13(17(3)4)7-8-14(12)16-15(19)20;/h7-8,11H,5-6,9-10H2,1-4H3,(H2,16,19,20);1H. The summed E-state index contributed by atoms with van der Waals surface area (Å²) < 4.78 is 0. The molecule has 0 saturated heterocycles. The Kier molecular flexibility index (Phi) is 9.49. The number of benzene rings is 1. The molecular formula is C15H26ClN3OS. The smallest absolute Gasteiger partial charge is 0.280 e. The van der Waals surface area contributed by atoms with Crippen LogP contribution in [0, 0.1) is 0 Å². The van der Waals surface area contributed by atoms with Gasteiger partial charge >= 0.3 is 0 Å². The second kappa shape index (κ2) is 9.92. The van der Waals surface area contributed by atoms with E-state index in [0.717, 1.165) is 43.0 Å². The molecule has 0 aliphatic carbocycles. The van der Waals surface area contributed by atoms with Crippen LogP contribution in [0.4, 0.5) is 16.2 Å². The summed E-state index contributed by atoms with van der Waals surface area (Å²) in [7, 11) is 4.03. The predicted octanol–water partition coefficient (Wildman–Crippen LogP) is 3.52. The molecule has 0 saturated carbocycles. The molecule has 0 spiro atoms. The third-order valence-corrected chi connectivity index (χ3v) is 3.55. The van der Waals surface area contributed by atoms with Crippen molar-refractivity contribution >= 4 is 41.6 Å². The van der Waals surface area contributed by atoms with Crippen LogP contribution in [-0.2, 0) is 6.42 Å². The van der Waals surface area contributed by atoms with Gasteiger partial charge in [-0.3, -0.25) is 4.79 Å². The summed E-state index contributed by atoms with van der Waals surface area (Å²) in [5, 5.41) is 2.46. The normalized spacial score (nSPS) is 10.2. The molecule has 0 unspecified atom stereocenters. The number of hydrogen-bond donors (Lipinski definition) is 2. The first-order chi connectivity index (χ1) is 9.47. The zero-order chi connectivity index (χ0) is 15.1. The van der Waals surface area contributed by atoms with Crippen LogP contribution >= 0.6 is 25.0 Å². The van der Waals surface area contributed by atoms with Crippen LogP contribution in [0.25, 0.3) is 0 Å². The monoisotopic (exact) mass is 331 g/mol. The van der Waals surface area contributed by atoms with Crippen molar-refractivity contribution < 1.29 is 4.79 Å². The summed E-state index contributed by atoms with van der Waals surface area (Å²) in [5.41, 5.74) is 3.13. The molecule has 0 aliphatic heterocycles. The van der Waals surface area contributed by atoms with Crippen LogP contribution in [0.2, 0.25) is 0 Å². The van der Waals surface area contributed by atoms with Crippen LogP contribution < -0.4 is 10.2 Å². The van der Waals surface area contributed by atoms with Gasteiger partial charge in [-0.1, -0.05) is 26.5 Å². The summed E-state index contributed by atoms with van der Waals surface area (Å²) in [4.78, 5) is 15.6. The zero-order valence-electron chi connectivity index (χ0n) is 13.2. The number of amides is 1. The molecule has 1 amide bonds. The van der Waals surface area contributed by atoms with Crippen molar-refractivity contribution in [2.45, 2.75) is 20.3 Å². The van der Waals surface area contributed by atoms with E-state index in [1.165, 1.54) is 0 Å². The highest BCUT2D eigenvalue weighted by Crippen LogP contribution is 2.23. The maximum Gasteiger partial charge on any atom is 0.280 e. The Morgan fingerprint density at radius 1 is 1.24 bits per heavy atom. The molecule has 1 N–H and O–H groups in total. The van der Waals surface area contributed by atoms with Gasteiger partial charge in [0, 0.05) is 32.0 Å². The molecule has 0 radical (unpaired) electrons. The van der Waals surface area contributed by atoms with Crippen molar-refractivity contribution in [3.8, 4) is 0 Å². The Balaban J connectivity index is 0.00000400. The third kappa shape index (κ3) is 6.59. The lowest BCUT2D eigenvalue weighted by molar-refractivity contribution is 0.270. The highest BCUT2D eigenvalue weighted by Gasteiger charge is 2.08. The molecule has 1 rings (SSSR count). The number of anilines is 2. The van der Waals surface area contributed by atoms with Crippen LogP contribution in [0.15, 0.2) is 18.2 Å². The maximum atomic E-state index is 11.2. The minimum absolute atomic E-state index is 0. The number of rotatable bonds is 7. The van der Waals surface area contributed by atoms with E-state index in [9.17, 15) is 4.79 Å². The second-order valence-electron chi connectivity index (χ2n) is 4.94. The maximum absolute atomic E-state index is 11.2. The number of thiol groups is 1. The van der Waals surface area contributed by atoms with Gasteiger partial charge < -0.3 is 15.1 Å². The Morgan fingerprint density at radius 2 is 1.86 bits per heavy atom. The molecule has 1 aromatic rings. The molecule has 0 fully saturated rings. The van der Waals surface area contributed by atoms with Gasteiger partial charge in [-0.2, -0.15) is 0 Å². The predicted molar refractivity (Wildman–Crippen MR) is 97.5 cm³/mol. The number of likely N-dealkylation sites (N-methyl/N-ethyl adjacent to an activating group) is 1. The number of halogens is 1. The molecule has 1 aromatic carbocycles. The van der Waals surface area contributed by atoms with Gasteiger partial charge in [-0.25, -0.2) is 0 Å². The molecule has 0 bridgehead atoms. The molecule has 4 nitrogen and oxygen atoms in total. The lowest BCUT2D eigenvalue weighted by Crippen LogP contribution is -2.25. The minimum atomic E-state index is -0.327. The molecule has 0 heterocycles. The topological polar surface area (TPSA) is 35.6 Å². The van der Waals surface area contributed by atoms with Gasteiger partial charge in [0.2, 0.25) is 0 Å². The largest absolute Gasteiger partial charge is 0.378 e. The SMILES string of the molecule is CCN(CC)CCc1cc(N(C)C)ccc1NC(=O)S.Cl. The van der Waals surface area contributed by atoms with E-state index < -0.39 is 0 Å². The first-order valence-electron chi connectivity index (χ1n) is 7.00. The number of nitrogens with zero attached hydrogens (tertiary/aromatic N) is 2. The van der Waals surface area contributed by atoms with Crippen molar-refractivity contribution in [2.24, 2.45) is 0 Å². The fourth-order valence-corrected chi connectivity index (χ4v) is 2.24. The van der Waals surface area contributed by atoms with E-state index in [0.29, 0.717) is 0 Å². The van der Waals surface area contributed by atoms with Crippen molar-refractivity contribution in [1.29, 1.82) is 0 Å². The van der Waals surface area contributed by atoms with E-state index in [4.69, 9.17) is 0 Å². The van der Waals surface area contributed by atoms with Crippen molar-refractivity contribution in [3.63, 3.8) is 0 Å². The Morgan fingerprint density at radius 3 is 2.33 bits per heavy atom. The van der Waals surface area contributed by atoms with E-state index in [1.54, 1.807) is 0 Å². The Hall–Kier alpha value is -0.910. The summed E-state index contributed by atoms with van der Waals surface area (Å²) in [6, 6.07) is 6.07. The second-order valence-corrected chi connectivity index (χ2v) is 5.35. The average Bonchev–Trinajstić information content (AvgIpc) is 2.40. The fourth-order valence-electron chi connectivity index (χ4n) is 2.12. The molecule has 120 valence electrons. The molecule has 0 atom stereocenters. The Labute approximate surface area is 139 Å². The van der Waals surface area contributed by atoms with E-state index in [-0.39, 0.29) is 17.6 Å². The lowest BCUT2D eigenvalue weighted by Gasteiger charge is -2.20. The number of hydrogen-bond acceptors (Lipinski definition) is 3. The van der Waals surface area contributed by atoms with Gasteiger partial charge in [0.05, 0.1) is 0 Å². The van der Waals surface area contributed by atoms with Crippen LogP contribution in [0.1, 0.15) is 19.4 Å². The van der Waals surface area contributed by atoms with Crippen LogP contribution in [0.5, 0.6) is 0 Å². The van der Waals surface area contributed by atoms with Crippen molar-refractivity contribution in [2.75, 3.05) is 43.9 Å². The van der Waals surface area contributed by atoms with Crippen molar-refractivity contribution in [1.82, 2.24) is 4.90 Å². The zero-order valence-corrected chi connectivity index (χ0v) is 14.9.